The SMILES string of the molecule is CCNCCC=C(C)c1ccc(Cl)cc1F. The van der Waals surface area contributed by atoms with Crippen LogP contribution in [0.15, 0.2) is 24.3 Å². The molecule has 0 aliphatic carbocycles. The Morgan fingerprint density at radius 3 is 2.88 bits per heavy atom. The highest BCUT2D eigenvalue weighted by Crippen LogP contribution is 2.21. The molecule has 0 spiro atoms. The maximum absolute atomic E-state index is 13.5. The quantitative estimate of drug-likeness (QED) is 0.772. The van der Waals surface area contributed by atoms with Crippen LogP contribution in [0.3, 0.4) is 0 Å². The lowest BCUT2D eigenvalue weighted by Gasteiger charge is -2.04. The molecule has 0 radical (unpaired) electrons. The summed E-state index contributed by atoms with van der Waals surface area (Å²) in [6.45, 7) is 5.86. The average Bonchev–Trinajstić information content (AvgIpc) is 2.24. The highest BCUT2D eigenvalue weighted by atomic mass is 35.5. The van der Waals surface area contributed by atoms with Crippen molar-refractivity contribution < 1.29 is 4.39 Å². The standard InChI is InChI=1S/C13H17ClFN/c1-3-16-8-4-5-10(2)12-7-6-11(14)9-13(12)15/h5-7,9,16H,3-4,8H2,1-2H3. The van der Waals surface area contributed by atoms with Crippen molar-refractivity contribution >= 4 is 17.2 Å². The van der Waals surface area contributed by atoms with Crippen LogP contribution >= 0.6 is 11.6 Å². The second kappa shape index (κ2) is 6.66. The predicted octanol–water partition coefficient (Wildman–Crippen LogP) is 3.88. The summed E-state index contributed by atoms with van der Waals surface area (Å²) in [5.74, 6) is -0.260. The molecular formula is C13H17ClFN. The summed E-state index contributed by atoms with van der Waals surface area (Å²) in [5.41, 5.74) is 1.58. The van der Waals surface area contributed by atoms with Crippen LogP contribution < -0.4 is 5.32 Å². The molecule has 0 aliphatic rings. The molecule has 0 aliphatic heterocycles. The van der Waals surface area contributed by atoms with Crippen LogP contribution in [0.2, 0.25) is 5.02 Å². The van der Waals surface area contributed by atoms with Crippen molar-refractivity contribution in [2.75, 3.05) is 13.1 Å². The zero-order chi connectivity index (χ0) is 12.0. The van der Waals surface area contributed by atoms with Gasteiger partial charge in [0, 0.05) is 10.6 Å². The smallest absolute Gasteiger partial charge is 0.132 e. The van der Waals surface area contributed by atoms with E-state index in [2.05, 4.69) is 12.2 Å². The summed E-state index contributed by atoms with van der Waals surface area (Å²) in [7, 11) is 0. The van der Waals surface area contributed by atoms with Gasteiger partial charge in [0.25, 0.3) is 0 Å². The van der Waals surface area contributed by atoms with Crippen LogP contribution in [0.4, 0.5) is 4.39 Å². The van der Waals surface area contributed by atoms with Crippen molar-refractivity contribution in [1.29, 1.82) is 0 Å². The third-order valence-corrected chi connectivity index (χ3v) is 2.61. The molecule has 0 unspecified atom stereocenters. The Kier molecular flexibility index (Phi) is 5.50. The second-order valence-corrected chi connectivity index (χ2v) is 4.09. The van der Waals surface area contributed by atoms with Gasteiger partial charge in [-0.3, -0.25) is 0 Å². The Hall–Kier alpha value is -0.860. The summed E-state index contributed by atoms with van der Waals surface area (Å²) in [4.78, 5) is 0. The Morgan fingerprint density at radius 1 is 1.50 bits per heavy atom. The molecule has 0 bridgehead atoms. The highest BCUT2D eigenvalue weighted by molar-refractivity contribution is 6.30. The minimum atomic E-state index is -0.260. The van der Waals surface area contributed by atoms with Gasteiger partial charge in [-0.15, -0.1) is 0 Å². The lowest BCUT2D eigenvalue weighted by atomic mass is 10.1. The molecule has 0 atom stereocenters. The molecule has 3 heteroatoms. The van der Waals surface area contributed by atoms with Crippen molar-refractivity contribution in [3.63, 3.8) is 0 Å². The van der Waals surface area contributed by atoms with E-state index in [-0.39, 0.29) is 5.82 Å². The fourth-order valence-electron chi connectivity index (χ4n) is 1.49. The van der Waals surface area contributed by atoms with Gasteiger partial charge in [0.1, 0.15) is 5.82 Å². The molecule has 16 heavy (non-hydrogen) atoms. The van der Waals surface area contributed by atoms with E-state index >= 15 is 0 Å². The van der Waals surface area contributed by atoms with E-state index in [9.17, 15) is 4.39 Å². The molecule has 1 aromatic rings. The normalized spacial score (nSPS) is 11.9. The summed E-state index contributed by atoms with van der Waals surface area (Å²) in [6, 6.07) is 4.77. The van der Waals surface area contributed by atoms with Crippen molar-refractivity contribution in [3.8, 4) is 0 Å². The van der Waals surface area contributed by atoms with Gasteiger partial charge in [-0.1, -0.05) is 30.7 Å². The molecule has 0 fully saturated rings. The van der Waals surface area contributed by atoms with E-state index in [1.54, 1.807) is 12.1 Å². The zero-order valence-corrected chi connectivity index (χ0v) is 10.4. The Labute approximate surface area is 101 Å². The minimum Gasteiger partial charge on any atom is -0.317 e. The van der Waals surface area contributed by atoms with Crippen molar-refractivity contribution in [3.05, 3.63) is 40.7 Å². The number of hydrogen-bond donors (Lipinski definition) is 1. The van der Waals surface area contributed by atoms with E-state index in [1.165, 1.54) is 6.07 Å². The number of benzene rings is 1. The van der Waals surface area contributed by atoms with E-state index < -0.39 is 0 Å². The number of nitrogens with one attached hydrogen (secondary N) is 1. The molecule has 1 nitrogen and oxygen atoms in total. The number of rotatable bonds is 5. The number of halogens is 2. The van der Waals surface area contributed by atoms with E-state index in [4.69, 9.17) is 11.6 Å². The molecule has 1 N–H and O–H groups in total. The van der Waals surface area contributed by atoms with Gasteiger partial charge >= 0.3 is 0 Å². The van der Waals surface area contributed by atoms with Gasteiger partial charge in [0.05, 0.1) is 0 Å². The summed E-state index contributed by atoms with van der Waals surface area (Å²) >= 11 is 5.70. The lowest BCUT2D eigenvalue weighted by molar-refractivity contribution is 0.624. The van der Waals surface area contributed by atoms with Crippen molar-refractivity contribution in [2.24, 2.45) is 0 Å². The molecule has 0 saturated carbocycles. The topological polar surface area (TPSA) is 12.0 Å². The van der Waals surface area contributed by atoms with E-state index in [0.717, 1.165) is 25.1 Å². The van der Waals surface area contributed by atoms with Crippen LogP contribution in [0.5, 0.6) is 0 Å². The molecule has 88 valence electrons. The largest absolute Gasteiger partial charge is 0.317 e. The first-order valence-electron chi connectivity index (χ1n) is 5.48. The fraction of sp³-hybridized carbons (Fsp3) is 0.385. The van der Waals surface area contributed by atoms with Gasteiger partial charge in [0.2, 0.25) is 0 Å². The van der Waals surface area contributed by atoms with Crippen LogP contribution in [0, 0.1) is 5.82 Å². The Morgan fingerprint density at radius 2 is 2.25 bits per heavy atom. The van der Waals surface area contributed by atoms with E-state index in [0.29, 0.717) is 10.6 Å². The Balaban J connectivity index is 2.68. The van der Waals surface area contributed by atoms with Crippen LogP contribution in [0.25, 0.3) is 5.57 Å². The number of hydrogen-bond acceptors (Lipinski definition) is 1. The molecule has 0 saturated heterocycles. The maximum Gasteiger partial charge on any atom is 0.132 e. The second-order valence-electron chi connectivity index (χ2n) is 3.65. The molecular weight excluding hydrogens is 225 g/mol. The molecule has 1 rings (SSSR count). The lowest BCUT2D eigenvalue weighted by Crippen LogP contribution is -2.13. The van der Waals surface area contributed by atoms with Crippen molar-refractivity contribution in [1.82, 2.24) is 5.32 Å². The first kappa shape index (κ1) is 13.2. The summed E-state index contributed by atoms with van der Waals surface area (Å²) < 4.78 is 13.5. The van der Waals surface area contributed by atoms with Gasteiger partial charge in [0.15, 0.2) is 0 Å². The number of allylic oxidation sites excluding steroid dienone is 1. The van der Waals surface area contributed by atoms with Crippen LogP contribution in [0.1, 0.15) is 25.8 Å². The predicted molar refractivity (Wildman–Crippen MR) is 68.2 cm³/mol. The molecule has 0 amide bonds. The zero-order valence-electron chi connectivity index (χ0n) is 9.69. The maximum atomic E-state index is 13.5. The monoisotopic (exact) mass is 241 g/mol. The summed E-state index contributed by atoms with van der Waals surface area (Å²) in [6.07, 6.45) is 2.94. The molecule has 1 aromatic carbocycles. The average molecular weight is 242 g/mol. The first-order valence-corrected chi connectivity index (χ1v) is 5.86. The van der Waals surface area contributed by atoms with E-state index in [1.807, 2.05) is 13.0 Å². The van der Waals surface area contributed by atoms with Crippen molar-refractivity contribution in [2.45, 2.75) is 20.3 Å². The summed E-state index contributed by atoms with van der Waals surface area (Å²) in [5, 5.41) is 3.65. The van der Waals surface area contributed by atoms with Gasteiger partial charge in [-0.25, -0.2) is 4.39 Å². The Bertz CT molecular complexity index is 374. The van der Waals surface area contributed by atoms with Gasteiger partial charge in [-0.05, 0) is 44.1 Å². The highest BCUT2D eigenvalue weighted by Gasteiger charge is 2.03. The van der Waals surface area contributed by atoms with Crippen LogP contribution in [-0.2, 0) is 0 Å². The van der Waals surface area contributed by atoms with Gasteiger partial charge < -0.3 is 5.32 Å². The molecule has 0 heterocycles. The third kappa shape index (κ3) is 3.95. The minimum absolute atomic E-state index is 0.260. The van der Waals surface area contributed by atoms with Gasteiger partial charge in [-0.2, -0.15) is 0 Å². The third-order valence-electron chi connectivity index (χ3n) is 2.38. The fourth-order valence-corrected chi connectivity index (χ4v) is 1.65. The first-order chi connectivity index (χ1) is 7.65. The molecule has 0 aromatic heterocycles. The van der Waals surface area contributed by atoms with Crippen LogP contribution in [-0.4, -0.2) is 13.1 Å².